The zero-order chi connectivity index (χ0) is 34.8. The quantitative estimate of drug-likeness (QED) is 0.139. The molecule has 10 nitrogen and oxygen atoms in total. The number of carboxylic acid groups (broad SMARTS) is 1. The number of hydrazine groups is 1. The van der Waals surface area contributed by atoms with Crippen molar-refractivity contribution in [2.45, 2.75) is 35.7 Å². The number of pyridine rings is 1. The van der Waals surface area contributed by atoms with Crippen molar-refractivity contribution < 1.29 is 27.9 Å². The lowest BCUT2D eigenvalue weighted by atomic mass is 9.86. The largest absolute Gasteiger partial charge is 0.480 e. The molecule has 1 aliphatic heterocycles. The Morgan fingerprint density at radius 3 is 2.15 bits per heavy atom. The number of hydrogen-bond acceptors (Lipinski definition) is 6. The van der Waals surface area contributed by atoms with E-state index in [0.717, 1.165) is 7.88 Å². The number of sulfonamides is 1. The van der Waals surface area contributed by atoms with Crippen molar-refractivity contribution in [3.05, 3.63) is 126 Å². The lowest BCUT2D eigenvalue weighted by Crippen LogP contribution is -2.64. The Kier molecular flexibility index (Phi) is 11.2. The van der Waals surface area contributed by atoms with Crippen molar-refractivity contribution in [1.82, 2.24) is 19.7 Å². The van der Waals surface area contributed by atoms with Crippen LogP contribution in [0.1, 0.15) is 34.3 Å². The normalized spacial score (nSPS) is 17.1. The summed E-state index contributed by atoms with van der Waals surface area (Å²) in [4.78, 5) is 45.6. The van der Waals surface area contributed by atoms with Crippen molar-refractivity contribution in [1.29, 1.82) is 0 Å². The first kappa shape index (κ1) is 36.3. The van der Waals surface area contributed by atoms with E-state index in [1.165, 1.54) is 30.6 Å². The average molecular weight is 862 g/mol. The highest BCUT2D eigenvalue weighted by molar-refractivity contribution is 14.1. The number of carboxylic acids is 1. The summed E-state index contributed by atoms with van der Waals surface area (Å²) in [6.45, 7) is -0.121. The molecule has 2 heterocycles. The van der Waals surface area contributed by atoms with Gasteiger partial charge in [-0.25, -0.2) is 18.2 Å². The zero-order valence-corrected chi connectivity index (χ0v) is 30.6. The van der Waals surface area contributed by atoms with Crippen LogP contribution >= 0.6 is 69.0 Å². The number of halogens is 5. The van der Waals surface area contributed by atoms with Crippen LogP contribution in [0.25, 0.3) is 0 Å². The van der Waals surface area contributed by atoms with E-state index in [0.29, 0.717) is 10.6 Å². The van der Waals surface area contributed by atoms with E-state index in [4.69, 9.17) is 46.4 Å². The highest BCUT2D eigenvalue weighted by Gasteiger charge is 2.57. The SMILES string of the molecule is O=C(NN(C(=O)C1(c2ccc(I)cc2)CCCN1S(=O)(=O)c1cc(Cl)cc(Cl)c1)[C@@H](Cc1ccccc1)C(=O)O)c1c(Cl)cncc1Cl. The smallest absolute Gasteiger partial charge is 0.328 e. The van der Waals surface area contributed by atoms with Crippen molar-refractivity contribution in [3.8, 4) is 0 Å². The number of nitrogens with one attached hydrogen (secondary N) is 1. The number of hydrogen-bond donors (Lipinski definition) is 2. The maximum absolute atomic E-state index is 15.3. The minimum absolute atomic E-state index is 0.0548. The van der Waals surface area contributed by atoms with Gasteiger partial charge in [-0.05, 0) is 76.9 Å². The molecule has 5 rings (SSSR count). The van der Waals surface area contributed by atoms with Gasteiger partial charge in [0.05, 0.1) is 20.5 Å². The standard InChI is InChI=1S/C32H25Cl4IN4O6S/c33-21-14-22(34)16-24(15-21)48(46,47)40-12-4-11-32(40,20-7-9-23(37)10-8-20)31(45)41(27(30(43)44)13-19-5-2-1-3-6-19)39-29(42)28-25(35)17-38-18-26(28)36/h1-3,5-10,14-18,27H,4,11-13H2,(H,39,42)(H,43,44)/t27-,32?/m0/s1. The second kappa shape index (κ2) is 14.9. The highest BCUT2D eigenvalue weighted by atomic mass is 127. The summed E-state index contributed by atoms with van der Waals surface area (Å²) in [6, 6.07) is 17.2. The zero-order valence-electron chi connectivity index (χ0n) is 24.6. The van der Waals surface area contributed by atoms with Crippen LogP contribution in [0.15, 0.2) is 90.1 Å². The van der Waals surface area contributed by atoms with Crippen LogP contribution in [0.4, 0.5) is 0 Å². The molecular weight excluding hydrogens is 837 g/mol. The molecule has 0 bridgehead atoms. The van der Waals surface area contributed by atoms with Crippen LogP contribution in [0, 0.1) is 3.57 Å². The molecule has 2 amide bonds. The molecule has 1 aliphatic rings. The van der Waals surface area contributed by atoms with E-state index in [9.17, 15) is 23.1 Å². The molecule has 0 spiro atoms. The number of carbonyl (C=O) groups is 3. The molecule has 4 aromatic rings. The van der Waals surface area contributed by atoms with Gasteiger partial charge in [0.1, 0.15) is 5.54 Å². The second-order valence-corrected chi connectivity index (χ2v) is 15.6. The average Bonchev–Trinajstić information content (AvgIpc) is 3.50. The lowest BCUT2D eigenvalue weighted by molar-refractivity contribution is -0.157. The number of aliphatic carboxylic acids is 1. The molecule has 0 aliphatic carbocycles. The van der Waals surface area contributed by atoms with Gasteiger partial charge < -0.3 is 5.11 Å². The molecule has 2 atom stereocenters. The highest BCUT2D eigenvalue weighted by Crippen LogP contribution is 2.45. The van der Waals surface area contributed by atoms with Gasteiger partial charge in [0.2, 0.25) is 10.0 Å². The molecule has 3 aromatic carbocycles. The van der Waals surface area contributed by atoms with Gasteiger partial charge in [-0.3, -0.25) is 20.0 Å². The van der Waals surface area contributed by atoms with Gasteiger partial charge in [-0.15, -0.1) is 0 Å². The number of aromatic nitrogens is 1. The third-order valence-electron chi connectivity index (χ3n) is 7.82. The van der Waals surface area contributed by atoms with Crippen LogP contribution < -0.4 is 5.43 Å². The minimum atomic E-state index is -4.52. The third kappa shape index (κ3) is 7.30. The van der Waals surface area contributed by atoms with E-state index >= 15 is 4.79 Å². The first-order valence-corrected chi connectivity index (χ1v) is 18.2. The molecule has 1 saturated heterocycles. The van der Waals surface area contributed by atoms with Gasteiger partial charge in [0.15, 0.2) is 6.04 Å². The van der Waals surface area contributed by atoms with Gasteiger partial charge in [-0.1, -0.05) is 88.9 Å². The van der Waals surface area contributed by atoms with Gasteiger partial charge >= 0.3 is 5.97 Å². The summed E-state index contributed by atoms with van der Waals surface area (Å²) < 4.78 is 30.7. The molecule has 0 radical (unpaired) electrons. The summed E-state index contributed by atoms with van der Waals surface area (Å²) in [7, 11) is -4.52. The monoisotopic (exact) mass is 860 g/mol. The number of rotatable bonds is 9. The van der Waals surface area contributed by atoms with Crippen molar-refractivity contribution in [2.75, 3.05) is 6.54 Å². The van der Waals surface area contributed by atoms with Crippen LogP contribution in [-0.4, -0.2) is 58.2 Å². The Morgan fingerprint density at radius 1 is 0.958 bits per heavy atom. The van der Waals surface area contributed by atoms with Crippen molar-refractivity contribution >= 4 is 96.8 Å². The summed E-state index contributed by atoms with van der Waals surface area (Å²) in [6.07, 6.45) is 2.24. The van der Waals surface area contributed by atoms with Crippen molar-refractivity contribution in [3.63, 3.8) is 0 Å². The molecule has 250 valence electrons. The van der Waals surface area contributed by atoms with Crippen LogP contribution in [0.5, 0.6) is 0 Å². The molecule has 1 fully saturated rings. The molecular formula is C32H25Cl4IN4O6S. The predicted molar refractivity (Wildman–Crippen MR) is 191 cm³/mol. The van der Waals surface area contributed by atoms with Crippen LogP contribution in [0.2, 0.25) is 20.1 Å². The number of carbonyl (C=O) groups excluding carboxylic acids is 2. The Hall–Kier alpha value is -2.98. The molecule has 2 N–H and O–H groups in total. The number of amides is 2. The molecule has 16 heteroatoms. The van der Waals surface area contributed by atoms with E-state index in [2.05, 4.69) is 33.0 Å². The van der Waals surface area contributed by atoms with E-state index in [-0.39, 0.29) is 61.9 Å². The Labute approximate surface area is 310 Å². The molecule has 1 aromatic heterocycles. The fraction of sp³-hybridized carbons (Fsp3) is 0.188. The topological polar surface area (TPSA) is 137 Å². The van der Waals surface area contributed by atoms with Crippen LogP contribution in [-0.2, 0) is 31.6 Å². The third-order valence-corrected chi connectivity index (χ3v) is 11.4. The van der Waals surface area contributed by atoms with E-state index in [1.807, 2.05) is 0 Å². The first-order chi connectivity index (χ1) is 22.7. The lowest BCUT2D eigenvalue weighted by Gasteiger charge is -2.42. The Bertz CT molecular complexity index is 1950. The number of benzene rings is 3. The summed E-state index contributed by atoms with van der Waals surface area (Å²) in [5.41, 5.74) is 0.931. The summed E-state index contributed by atoms with van der Waals surface area (Å²) in [5, 5.41) is 11.0. The van der Waals surface area contributed by atoms with E-state index < -0.39 is 39.4 Å². The van der Waals surface area contributed by atoms with Crippen LogP contribution in [0.3, 0.4) is 0 Å². The molecule has 48 heavy (non-hydrogen) atoms. The maximum atomic E-state index is 15.3. The Balaban J connectivity index is 1.72. The van der Waals surface area contributed by atoms with Gasteiger partial charge in [0.25, 0.3) is 11.8 Å². The van der Waals surface area contributed by atoms with E-state index in [1.54, 1.807) is 54.6 Å². The van der Waals surface area contributed by atoms with Crippen molar-refractivity contribution in [2.24, 2.45) is 0 Å². The first-order valence-electron chi connectivity index (χ1n) is 14.2. The molecule has 1 unspecified atom stereocenters. The summed E-state index contributed by atoms with van der Waals surface area (Å²) in [5.74, 6) is -3.49. The van der Waals surface area contributed by atoms with Gasteiger partial charge in [-0.2, -0.15) is 4.31 Å². The second-order valence-electron chi connectivity index (χ2n) is 10.8. The molecule has 0 saturated carbocycles. The fourth-order valence-corrected chi connectivity index (χ4v) is 9.08. The fourth-order valence-electron chi connectivity index (χ4n) is 5.66. The minimum Gasteiger partial charge on any atom is -0.480 e. The van der Waals surface area contributed by atoms with Gasteiger partial charge in [0, 0.05) is 39.0 Å². The maximum Gasteiger partial charge on any atom is 0.328 e. The number of nitrogens with zero attached hydrogens (tertiary/aromatic N) is 3. The summed E-state index contributed by atoms with van der Waals surface area (Å²) >= 11 is 27.0. The Morgan fingerprint density at radius 2 is 1.56 bits per heavy atom. The predicted octanol–water partition coefficient (Wildman–Crippen LogP) is 6.85.